The van der Waals surface area contributed by atoms with Crippen LogP contribution in [0.5, 0.6) is 0 Å². The van der Waals surface area contributed by atoms with Gasteiger partial charge in [-0.15, -0.1) is 0 Å². The van der Waals surface area contributed by atoms with E-state index in [1.54, 1.807) is 0 Å². The van der Waals surface area contributed by atoms with E-state index in [1.807, 2.05) is 36.8 Å². The van der Waals surface area contributed by atoms with Gasteiger partial charge in [-0.05, 0) is 92.4 Å². The van der Waals surface area contributed by atoms with Crippen LogP contribution in [0.15, 0.2) is 36.8 Å². The molecule has 178 valence electrons. The first kappa shape index (κ1) is 21.9. The van der Waals surface area contributed by atoms with Crippen LogP contribution < -0.4 is 5.32 Å². The van der Waals surface area contributed by atoms with Gasteiger partial charge in [-0.1, -0.05) is 12.1 Å². The van der Waals surface area contributed by atoms with Crippen LogP contribution in [0.25, 0.3) is 0 Å². The second-order valence-corrected chi connectivity index (χ2v) is 11.6. The summed E-state index contributed by atoms with van der Waals surface area (Å²) in [6, 6.07) is 10.2. The molecule has 4 saturated carbocycles. The van der Waals surface area contributed by atoms with E-state index in [0.29, 0.717) is 24.6 Å². The van der Waals surface area contributed by atoms with Crippen molar-refractivity contribution in [3.05, 3.63) is 53.6 Å². The van der Waals surface area contributed by atoms with Gasteiger partial charge in [0.2, 0.25) is 5.91 Å². The lowest BCUT2D eigenvalue weighted by molar-refractivity contribution is -0.142. The van der Waals surface area contributed by atoms with Crippen LogP contribution in [-0.4, -0.2) is 39.5 Å². The van der Waals surface area contributed by atoms with Crippen LogP contribution in [-0.2, 0) is 17.9 Å². The number of aromatic nitrogens is 2. The molecule has 0 spiro atoms. The largest absolute Gasteiger partial charge is 0.332 e. The van der Waals surface area contributed by atoms with Gasteiger partial charge in [0.05, 0.1) is 30.2 Å². The molecule has 6 heteroatoms. The van der Waals surface area contributed by atoms with Crippen LogP contribution >= 0.6 is 0 Å². The van der Waals surface area contributed by atoms with E-state index in [9.17, 15) is 4.79 Å². The molecule has 2 heterocycles. The number of amides is 1. The molecule has 34 heavy (non-hydrogen) atoms. The van der Waals surface area contributed by atoms with Gasteiger partial charge in [0, 0.05) is 31.7 Å². The third-order valence-electron chi connectivity index (χ3n) is 9.05. The lowest BCUT2D eigenvalue weighted by Crippen LogP contribution is -2.50. The smallest absolute Gasteiger partial charge is 0.223 e. The van der Waals surface area contributed by atoms with Gasteiger partial charge in [-0.3, -0.25) is 4.79 Å². The molecule has 1 N–H and O–H groups in total. The quantitative estimate of drug-likeness (QED) is 0.679. The minimum atomic E-state index is 0.263. The minimum absolute atomic E-state index is 0.263. The number of benzene rings is 1. The van der Waals surface area contributed by atoms with E-state index in [1.165, 1.54) is 38.5 Å². The lowest BCUT2D eigenvalue weighted by atomic mass is 9.49. The SMILES string of the molecule is N#Cc1ccc(Cn2cncc2CN(C(=O)CC23CC4CC(CC(C4)C2)C3)C2CCNC2)cc1. The fourth-order valence-corrected chi connectivity index (χ4v) is 7.93. The number of nitriles is 1. The summed E-state index contributed by atoms with van der Waals surface area (Å²) in [5, 5.41) is 12.5. The zero-order valence-electron chi connectivity index (χ0n) is 20.0. The summed E-state index contributed by atoms with van der Waals surface area (Å²) in [4.78, 5) is 20.5. The average molecular weight is 458 g/mol. The molecule has 1 aliphatic heterocycles. The van der Waals surface area contributed by atoms with E-state index < -0.39 is 0 Å². The number of rotatable bonds is 7. The lowest BCUT2D eigenvalue weighted by Gasteiger charge is -2.57. The average Bonchev–Trinajstić information content (AvgIpc) is 3.49. The summed E-state index contributed by atoms with van der Waals surface area (Å²) in [7, 11) is 0. The maximum Gasteiger partial charge on any atom is 0.223 e. The Bertz CT molecular complexity index is 1040. The summed E-state index contributed by atoms with van der Waals surface area (Å²) in [5.41, 5.74) is 3.14. The standard InChI is InChI=1S/C28H35N5O/c29-14-20-1-3-21(4-2-20)17-32-19-31-16-26(32)18-33(25-5-6-30-15-25)27(34)13-28-10-22-7-23(11-28)9-24(8-22)12-28/h1-4,16,19,22-25,30H,5-13,15,17-18H2. The summed E-state index contributed by atoms with van der Waals surface area (Å²) in [6.07, 6.45) is 13.6. The molecule has 1 atom stereocenters. The Labute approximate surface area is 202 Å². The van der Waals surface area contributed by atoms with E-state index >= 15 is 0 Å². The molecule has 4 bridgehead atoms. The van der Waals surface area contributed by atoms with Crippen LogP contribution in [0.1, 0.15) is 68.2 Å². The summed E-state index contributed by atoms with van der Waals surface area (Å²) in [6.45, 7) is 3.18. The highest BCUT2D eigenvalue weighted by atomic mass is 16.2. The highest BCUT2D eigenvalue weighted by Gasteiger charge is 2.52. The molecule has 5 aliphatic rings. The summed E-state index contributed by atoms with van der Waals surface area (Å²) < 4.78 is 2.15. The van der Waals surface area contributed by atoms with Crippen molar-refractivity contribution in [2.75, 3.05) is 13.1 Å². The van der Waals surface area contributed by atoms with Crippen LogP contribution in [0.3, 0.4) is 0 Å². The van der Waals surface area contributed by atoms with Crippen molar-refractivity contribution >= 4 is 5.91 Å². The van der Waals surface area contributed by atoms with Crippen molar-refractivity contribution in [3.63, 3.8) is 0 Å². The van der Waals surface area contributed by atoms with Gasteiger partial charge < -0.3 is 14.8 Å². The maximum atomic E-state index is 13.9. The summed E-state index contributed by atoms with van der Waals surface area (Å²) >= 11 is 0. The number of carbonyl (C=O) groups is 1. The van der Waals surface area contributed by atoms with Crippen molar-refractivity contribution in [1.82, 2.24) is 19.8 Å². The van der Waals surface area contributed by atoms with Crippen molar-refractivity contribution in [3.8, 4) is 6.07 Å². The topological polar surface area (TPSA) is 74.0 Å². The van der Waals surface area contributed by atoms with E-state index in [-0.39, 0.29) is 11.5 Å². The third-order valence-corrected chi connectivity index (χ3v) is 9.05. The van der Waals surface area contributed by atoms with E-state index in [2.05, 4.69) is 25.8 Å². The molecular formula is C28H35N5O. The molecule has 5 fully saturated rings. The van der Waals surface area contributed by atoms with E-state index in [4.69, 9.17) is 5.26 Å². The van der Waals surface area contributed by atoms with Gasteiger partial charge in [0.1, 0.15) is 0 Å². The minimum Gasteiger partial charge on any atom is -0.332 e. The maximum absolute atomic E-state index is 13.9. The molecular weight excluding hydrogens is 422 g/mol. The van der Waals surface area contributed by atoms with Crippen molar-refractivity contribution in [1.29, 1.82) is 5.26 Å². The predicted octanol–water partition coefficient (Wildman–Crippen LogP) is 4.10. The Morgan fingerprint density at radius 3 is 2.47 bits per heavy atom. The fourth-order valence-electron chi connectivity index (χ4n) is 7.93. The van der Waals surface area contributed by atoms with Gasteiger partial charge in [0.25, 0.3) is 0 Å². The number of carbonyl (C=O) groups excluding carboxylic acids is 1. The van der Waals surface area contributed by atoms with Gasteiger partial charge >= 0.3 is 0 Å². The molecule has 4 aliphatic carbocycles. The van der Waals surface area contributed by atoms with Crippen LogP contribution in [0.4, 0.5) is 0 Å². The highest BCUT2D eigenvalue weighted by molar-refractivity contribution is 5.77. The number of imidazole rings is 1. The first-order chi connectivity index (χ1) is 16.6. The highest BCUT2D eigenvalue weighted by Crippen LogP contribution is 2.61. The molecule has 1 saturated heterocycles. The van der Waals surface area contributed by atoms with E-state index in [0.717, 1.165) is 54.9 Å². The molecule has 7 rings (SSSR count). The Kier molecular flexibility index (Phi) is 5.69. The van der Waals surface area contributed by atoms with Gasteiger partial charge in [-0.2, -0.15) is 5.26 Å². The molecule has 1 unspecified atom stereocenters. The molecule has 2 aromatic rings. The monoisotopic (exact) mass is 457 g/mol. The molecule has 1 aromatic heterocycles. The van der Waals surface area contributed by atoms with Gasteiger partial charge in [0.15, 0.2) is 0 Å². The molecule has 1 aromatic carbocycles. The molecule has 1 amide bonds. The zero-order chi connectivity index (χ0) is 23.1. The second kappa shape index (κ2) is 8.85. The Balaban J connectivity index is 1.19. The van der Waals surface area contributed by atoms with Crippen molar-refractivity contribution in [2.45, 2.75) is 70.5 Å². The summed E-state index contributed by atoms with van der Waals surface area (Å²) in [5.74, 6) is 2.96. The van der Waals surface area contributed by atoms with Gasteiger partial charge in [-0.25, -0.2) is 4.98 Å². The molecule has 0 radical (unpaired) electrons. The fraction of sp³-hybridized carbons (Fsp3) is 0.607. The molecule has 6 nitrogen and oxygen atoms in total. The number of nitrogens with one attached hydrogen (secondary N) is 1. The predicted molar refractivity (Wildman–Crippen MR) is 130 cm³/mol. The second-order valence-electron chi connectivity index (χ2n) is 11.6. The number of nitrogens with zero attached hydrogens (tertiary/aromatic N) is 4. The van der Waals surface area contributed by atoms with Crippen molar-refractivity contribution in [2.24, 2.45) is 23.2 Å². The van der Waals surface area contributed by atoms with Crippen LogP contribution in [0, 0.1) is 34.5 Å². The Morgan fingerprint density at radius 1 is 1.15 bits per heavy atom. The zero-order valence-corrected chi connectivity index (χ0v) is 20.0. The van der Waals surface area contributed by atoms with Crippen molar-refractivity contribution < 1.29 is 4.79 Å². The third kappa shape index (κ3) is 4.27. The number of hydrogen-bond donors (Lipinski definition) is 1. The van der Waals surface area contributed by atoms with Crippen LogP contribution in [0.2, 0.25) is 0 Å². The first-order valence-corrected chi connectivity index (χ1v) is 13.1. The first-order valence-electron chi connectivity index (χ1n) is 13.1. The Hall–Kier alpha value is -2.65. The normalized spacial score (nSPS) is 31.5. The Morgan fingerprint density at radius 2 is 1.85 bits per heavy atom. The number of hydrogen-bond acceptors (Lipinski definition) is 4.